The average Bonchev–Trinajstić information content (AvgIpc) is 3.39. The molecule has 1 aliphatic carbocycles. The quantitative estimate of drug-likeness (QED) is 0.646. The molecule has 0 radical (unpaired) electrons. The fourth-order valence-electron chi connectivity index (χ4n) is 4.39. The van der Waals surface area contributed by atoms with E-state index in [9.17, 15) is 27.2 Å². The molecule has 0 aromatic heterocycles. The summed E-state index contributed by atoms with van der Waals surface area (Å²) in [6.07, 6.45) is 3.70. The standard InChI is InChI=1S/C24H26FN3O5S/c1-16(23(30)26-18-9-3-4-10-18)27(14-17-8-2-6-12-20(17)25)22(29)15-28-24(31)19-11-5-7-13-21(19)34(28,32)33/h2,5-8,11-13,16,18H,3-4,9-10,14-15H2,1H3,(H,26,30). The zero-order chi connectivity index (χ0) is 24.5. The first kappa shape index (κ1) is 23.9. The molecular formula is C24H26FN3O5S. The van der Waals surface area contributed by atoms with Crippen LogP contribution in [0.3, 0.4) is 0 Å². The number of carbonyl (C=O) groups excluding carboxylic acids is 3. The van der Waals surface area contributed by atoms with Gasteiger partial charge in [-0.25, -0.2) is 17.1 Å². The van der Waals surface area contributed by atoms with Gasteiger partial charge in [0, 0.05) is 18.2 Å². The van der Waals surface area contributed by atoms with Gasteiger partial charge < -0.3 is 10.2 Å². The van der Waals surface area contributed by atoms with Crippen molar-refractivity contribution in [2.75, 3.05) is 6.54 Å². The molecule has 34 heavy (non-hydrogen) atoms. The van der Waals surface area contributed by atoms with Crippen LogP contribution in [0.4, 0.5) is 4.39 Å². The third kappa shape index (κ3) is 4.54. The number of nitrogens with one attached hydrogen (secondary N) is 1. The van der Waals surface area contributed by atoms with Gasteiger partial charge in [0.05, 0.1) is 5.56 Å². The minimum Gasteiger partial charge on any atom is -0.352 e. The summed E-state index contributed by atoms with van der Waals surface area (Å²) >= 11 is 0. The number of fused-ring (bicyclic) bond motifs is 1. The van der Waals surface area contributed by atoms with Crippen molar-refractivity contribution < 1.29 is 27.2 Å². The summed E-state index contributed by atoms with van der Waals surface area (Å²) in [6, 6.07) is 10.6. The summed E-state index contributed by atoms with van der Waals surface area (Å²) in [5.41, 5.74) is 0.165. The molecule has 1 fully saturated rings. The van der Waals surface area contributed by atoms with E-state index in [1.165, 1.54) is 49.4 Å². The van der Waals surface area contributed by atoms with Gasteiger partial charge in [0.25, 0.3) is 15.9 Å². The third-order valence-electron chi connectivity index (χ3n) is 6.36. The van der Waals surface area contributed by atoms with Gasteiger partial charge in [-0.1, -0.05) is 43.2 Å². The van der Waals surface area contributed by atoms with Gasteiger partial charge in [-0.15, -0.1) is 0 Å². The lowest BCUT2D eigenvalue weighted by molar-refractivity contribution is -0.140. The van der Waals surface area contributed by atoms with Gasteiger partial charge in [-0.2, -0.15) is 0 Å². The molecule has 8 nitrogen and oxygen atoms in total. The van der Waals surface area contributed by atoms with Gasteiger partial charge in [-0.3, -0.25) is 14.4 Å². The Morgan fingerprint density at radius 3 is 2.44 bits per heavy atom. The summed E-state index contributed by atoms with van der Waals surface area (Å²) < 4.78 is 40.7. The van der Waals surface area contributed by atoms with Crippen LogP contribution in [0.15, 0.2) is 53.4 Å². The summed E-state index contributed by atoms with van der Waals surface area (Å²) in [7, 11) is -4.21. The van der Waals surface area contributed by atoms with E-state index < -0.39 is 46.1 Å². The molecule has 1 N–H and O–H groups in total. The molecule has 1 saturated carbocycles. The third-order valence-corrected chi connectivity index (χ3v) is 8.15. The second kappa shape index (κ2) is 9.54. The molecule has 2 aromatic carbocycles. The molecule has 10 heteroatoms. The molecular weight excluding hydrogens is 461 g/mol. The predicted molar refractivity (Wildman–Crippen MR) is 121 cm³/mol. The van der Waals surface area contributed by atoms with Crippen molar-refractivity contribution in [3.63, 3.8) is 0 Å². The maximum Gasteiger partial charge on any atom is 0.269 e. The summed E-state index contributed by atoms with van der Waals surface area (Å²) in [4.78, 5) is 40.0. The highest BCUT2D eigenvalue weighted by Gasteiger charge is 2.43. The Morgan fingerprint density at radius 1 is 1.12 bits per heavy atom. The van der Waals surface area contributed by atoms with E-state index in [2.05, 4.69) is 5.32 Å². The lowest BCUT2D eigenvalue weighted by Gasteiger charge is -2.31. The molecule has 2 aliphatic rings. The first-order valence-electron chi connectivity index (χ1n) is 11.2. The van der Waals surface area contributed by atoms with Crippen molar-refractivity contribution in [3.05, 3.63) is 65.5 Å². The minimum absolute atomic E-state index is 0.00963. The van der Waals surface area contributed by atoms with Crippen LogP contribution in [-0.4, -0.2) is 54.0 Å². The van der Waals surface area contributed by atoms with Crippen molar-refractivity contribution >= 4 is 27.7 Å². The van der Waals surface area contributed by atoms with Gasteiger partial charge >= 0.3 is 0 Å². The van der Waals surface area contributed by atoms with Crippen molar-refractivity contribution in [2.45, 2.75) is 56.1 Å². The van der Waals surface area contributed by atoms with Crippen LogP contribution in [0.5, 0.6) is 0 Å². The van der Waals surface area contributed by atoms with Crippen LogP contribution in [0, 0.1) is 5.82 Å². The molecule has 180 valence electrons. The fraction of sp³-hybridized carbons (Fsp3) is 0.375. The maximum atomic E-state index is 14.4. The Balaban J connectivity index is 1.59. The molecule has 2 aromatic rings. The Kier molecular flexibility index (Phi) is 6.70. The number of benzene rings is 2. The molecule has 1 atom stereocenters. The molecule has 0 spiro atoms. The van der Waals surface area contributed by atoms with E-state index in [1.54, 1.807) is 6.07 Å². The number of sulfonamides is 1. The van der Waals surface area contributed by atoms with E-state index in [0.29, 0.717) is 4.31 Å². The van der Waals surface area contributed by atoms with E-state index in [1.807, 2.05) is 0 Å². The number of halogens is 1. The number of carbonyl (C=O) groups is 3. The predicted octanol–water partition coefficient (Wildman–Crippen LogP) is 2.45. The minimum atomic E-state index is -4.21. The topological polar surface area (TPSA) is 104 Å². The summed E-state index contributed by atoms with van der Waals surface area (Å²) in [6.45, 7) is 0.475. The van der Waals surface area contributed by atoms with Crippen molar-refractivity contribution in [1.82, 2.24) is 14.5 Å². The Hall–Kier alpha value is -3.27. The van der Waals surface area contributed by atoms with Gasteiger partial charge in [0.15, 0.2) is 0 Å². The monoisotopic (exact) mass is 487 g/mol. The smallest absolute Gasteiger partial charge is 0.269 e. The lowest BCUT2D eigenvalue weighted by Crippen LogP contribution is -2.52. The van der Waals surface area contributed by atoms with Crippen LogP contribution in [0.2, 0.25) is 0 Å². The summed E-state index contributed by atoms with van der Waals surface area (Å²) in [5.74, 6) is -2.55. The second-order valence-electron chi connectivity index (χ2n) is 8.59. The molecule has 4 rings (SSSR count). The highest BCUT2D eigenvalue weighted by Crippen LogP contribution is 2.30. The second-order valence-corrected chi connectivity index (χ2v) is 10.4. The zero-order valence-corrected chi connectivity index (χ0v) is 19.6. The summed E-state index contributed by atoms with van der Waals surface area (Å²) in [5, 5.41) is 2.92. The van der Waals surface area contributed by atoms with Crippen molar-refractivity contribution in [1.29, 1.82) is 0 Å². The Morgan fingerprint density at radius 2 is 1.76 bits per heavy atom. The fourth-order valence-corrected chi connectivity index (χ4v) is 5.90. The maximum absolute atomic E-state index is 14.4. The largest absolute Gasteiger partial charge is 0.352 e. The van der Waals surface area contributed by atoms with Crippen LogP contribution in [0.25, 0.3) is 0 Å². The number of nitrogens with zero attached hydrogens (tertiary/aromatic N) is 2. The molecule has 0 saturated heterocycles. The van der Waals surface area contributed by atoms with Crippen LogP contribution in [0.1, 0.15) is 48.5 Å². The molecule has 3 amide bonds. The number of hydrogen-bond donors (Lipinski definition) is 1. The Bertz CT molecular complexity index is 1230. The number of hydrogen-bond acceptors (Lipinski definition) is 5. The van der Waals surface area contributed by atoms with Crippen molar-refractivity contribution in [3.8, 4) is 0 Å². The van der Waals surface area contributed by atoms with Gasteiger partial charge in [0.1, 0.15) is 23.3 Å². The van der Waals surface area contributed by atoms with Crippen LogP contribution >= 0.6 is 0 Å². The highest BCUT2D eigenvalue weighted by molar-refractivity contribution is 7.90. The average molecular weight is 488 g/mol. The lowest BCUT2D eigenvalue weighted by atomic mass is 10.1. The zero-order valence-electron chi connectivity index (χ0n) is 18.7. The molecule has 1 heterocycles. The molecule has 1 unspecified atom stereocenters. The van der Waals surface area contributed by atoms with E-state index in [0.717, 1.165) is 30.6 Å². The molecule has 1 aliphatic heterocycles. The van der Waals surface area contributed by atoms with Crippen LogP contribution < -0.4 is 5.32 Å². The normalized spacial score (nSPS) is 17.9. The highest BCUT2D eigenvalue weighted by atomic mass is 32.2. The first-order valence-corrected chi connectivity index (χ1v) is 12.6. The SMILES string of the molecule is CC(C(=O)NC1CCCC1)N(Cc1ccccc1F)C(=O)CN1C(=O)c2ccccc2S1(=O)=O. The molecule has 0 bridgehead atoms. The van der Waals surface area contributed by atoms with E-state index >= 15 is 0 Å². The Labute approximate surface area is 197 Å². The van der Waals surface area contributed by atoms with Crippen LogP contribution in [-0.2, 0) is 26.2 Å². The van der Waals surface area contributed by atoms with Gasteiger partial charge in [0.2, 0.25) is 11.8 Å². The first-order chi connectivity index (χ1) is 16.2. The van der Waals surface area contributed by atoms with E-state index in [-0.39, 0.29) is 28.6 Å². The van der Waals surface area contributed by atoms with Crippen molar-refractivity contribution in [2.24, 2.45) is 0 Å². The van der Waals surface area contributed by atoms with Gasteiger partial charge in [-0.05, 0) is 38.0 Å². The van der Waals surface area contributed by atoms with E-state index in [4.69, 9.17) is 0 Å². The number of amides is 3. The number of rotatable bonds is 7.